The zero-order chi connectivity index (χ0) is 14.3. The van der Waals surface area contributed by atoms with Gasteiger partial charge in [-0.1, -0.05) is 37.3 Å². The van der Waals surface area contributed by atoms with Crippen LogP contribution in [0.5, 0.6) is 0 Å². The largest absolute Gasteiger partial charge is 0.396 e. The van der Waals surface area contributed by atoms with Gasteiger partial charge >= 0.3 is 0 Å². The van der Waals surface area contributed by atoms with E-state index in [1.54, 1.807) is 6.92 Å². The quantitative estimate of drug-likeness (QED) is 0.789. The van der Waals surface area contributed by atoms with E-state index >= 15 is 0 Å². The van der Waals surface area contributed by atoms with E-state index in [-0.39, 0.29) is 24.5 Å². The Morgan fingerprint density at radius 2 is 1.89 bits per heavy atom. The van der Waals surface area contributed by atoms with E-state index in [0.717, 1.165) is 5.56 Å². The summed E-state index contributed by atoms with van der Waals surface area (Å²) in [5.41, 5.74) is 1.04. The molecule has 0 saturated heterocycles. The van der Waals surface area contributed by atoms with E-state index < -0.39 is 6.10 Å². The molecule has 0 aromatic heterocycles. The van der Waals surface area contributed by atoms with Crippen molar-refractivity contribution in [3.05, 3.63) is 35.9 Å². The van der Waals surface area contributed by atoms with E-state index in [4.69, 9.17) is 9.84 Å². The van der Waals surface area contributed by atoms with Gasteiger partial charge in [-0.3, -0.25) is 4.79 Å². The SMILES string of the molecule is CC(OCc1ccccc1)C(=O)NC(C)C(C)CO. The Kier molecular flexibility index (Phi) is 6.53. The number of rotatable bonds is 7. The summed E-state index contributed by atoms with van der Waals surface area (Å²) < 4.78 is 5.53. The standard InChI is InChI=1S/C15H23NO3/c1-11(9-17)12(2)16-15(18)13(3)19-10-14-7-5-4-6-8-14/h4-8,11-13,17H,9-10H2,1-3H3,(H,16,18). The molecule has 19 heavy (non-hydrogen) atoms. The van der Waals surface area contributed by atoms with Gasteiger partial charge in [0.25, 0.3) is 0 Å². The average molecular weight is 265 g/mol. The number of hydrogen-bond acceptors (Lipinski definition) is 3. The number of carbonyl (C=O) groups excluding carboxylic acids is 1. The van der Waals surface area contributed by atoms with Crippen LogP contribution in [0.2, 0.25) is 0 Å². The topological polar surface area (TPSA) is 58.6 Å². The molecule has 0 aliphatic rings. The van der Waals surface area contributed by atoms with Crippen LogP contribution in [0.4, 0.5) is 0 Å². The lowest BCUT2D eigenvalue weighted by Gasteiger charge is -2.21. The number of aliphatic hydroxyl groups is 1. The molecule has 1 aromatic carbocycles. The van der Waals surface area contributed by atoms with Crippen LogP contribution in [-0.2, 0) is 16.1 Å². The van der Waals surface area contributed by atoms with Gasteiger partial charge in [-0.15, -0.1) is 0 Å². The fraction of sp³-hybridized carbons (Fsp3) is 0.533. The number of nitrogens with one attached hydrogen (secondary N) is 1. The van der Waals surface area contributed by atoms with Gasteiger partial charge in [0, 0.05) is 12.6 Å². The van der Waals surface area contributed by atoms with Crippen LogP contribution in [0, 0.1) is 5.92 Å². The Morgan fingerprint density at radius 3 is 2.47 bits per heavy atom. The summed E-state index contributed by atoms with van der Waals surface area (Å²) >= 11 is 0. The Bertz CT molecular complexity index is 380. The summed E-state index contributed by atoms with van der Waals surface area (Å²) in [5.74, 6) is -0.117. The fourth-order valence-electron chi connectivity index (χ4n) is 1.51. The van der Waals surface area contributed by atoms with Crippen molar-refractivity contribution in [3.63, 3.8) is 0 Å². The van der Waals surface area contributed by atoms with Crippen molar-refractivity contribution in [2.45, 2.75) is 39.5 Å². The number of benzene rings is 1. The van der Waals surface area contributed by atoms with Crippen LogP contribution >= 0.6 is 0 Å². The lowest BCUT2D eigenvalue weighted by Crippen LogP contribution is -2.43. The van der Waals surface area contributed by atoms with E-state index in [1.807, 2.05) is 44.2 Å². The molecule has 3 atom stereocenters. The molecule has 4 nitrogen and oxygen atoms in total. The summed E-state index contributed by atoms with van der Waals surface area (Å²) in [6.07, 6.45) is -0.506. The van der Waals surface area contributed by atoms with E-state index in [1.165, 1.54) is 0 Å². The van der Waals surface area contributed by atoms with Crippen molar-refractivity contribution in [2.75, 3.05) is 6.61 Å². The molecule has 2 N–H and O–H groups in total. The van der Waals surface area contributed by atoms with Crippen molar-refractivity contribution in [2.24, 2.45) is 5.92 Å². The van der Waals surface area contributed by atoms with Gasteiger partial charge in [0.1, 0.15) is 6.10 Å². The maximum absolute atomic E-state index is 11.9. The first-order valence-electron chi connectivity index (χ1n) is 6.61. The van der Waals surface area contributed by atoms with Gasteiger partial charge in [-0.2, -0.15) is 0 Å². The van der Waals surface area contributed by atoms with Gasteiger partial charge in [-0.25, -0.2) is 0 Å². The molecule has 0 radical (unpaired) electrons. The first kappa shape index (κ1) is 15.7. The molecule has 1 rings (SSSR count). The molecule has 1 aromatic rings. The summed E-state index contributed by atoms with van der Waals surface area (Å²) in [6, 6.07) is 9.67. The molecule has 0 spiro atoms. The van der Waals surface area contributed by atoms with Gasteiger partial charge in [-0.05, 0) is 25.3 Å². The third kappa shape index (κ3) is 5.41. The molecule has 3 unspecified atom stereocenters. The van der Waals surface area contributed by atoms with Crippen molar-refractivity contribution in [3.8, 4) is 0 Å². The smallest absolute Gasteiger partial charge is 0.249 e. The van der Waals surface area contributed by atoms with Crippen LogP contribution in [-0.4, -0.2) is 29.8 Å². The molecule has 0 fully saturated rings. The number of aliphatic hydroxyl groups excluding tert-OH is 1. The number of amides is 1. The van der Waals surface area contributed by atoms with E-state index in [2.05, 4.69) is 5.32 Å². The first-order chi connectivity index (χ1) is 9.04. The number of ether oxygens (including phenoxy) is 1. The minimum atomic E-state index is -0.506. The van der Waals surface area contributed by atoms with E-state index in [9.17, 15) is 4.79 Å². The molecular formula is C15H23NO3. The second-order valence-electron chi connectivity index (χ2n) is 4.90. The van der Waals surface area contributed by atoms with Crippen molar-refractivity contribution in [1.29, 1.82) is 0 Å². The predicted molar refractivity (Wildman–Crippen MR) is 74.5 cm³/mol. The lowest BCUT2D eigenvalue weighted by molar-refractivity contribution is -0.133. The lowest BCUT2D eigenvalue weighted by atomic mass is 10.1. The van der Waals surface area contributed by atoms with Crippen LogP contribution in [0.15, 0.2) is 30.3 Å². The van der Waals surface area contributed by atoms with Crippen molar-refractivity contribution in [1.82, 2.24) is 5.32 Å². The van der Waals surface area contributed by atoms with Crippen LogP contribution < -0.4 is 5.32 Å². The fourth-order valence-corrected chi connectivity index (χ4v) is 1.51. The third-order valence-corrected chi connectivity index (χ3v) is 3.22. The second-order valence-corrected chi connectivity index (χ2v) is 4.90. The molecular weight excluding hydrogens is 242 g/mol. The first-order valence-corrected chi connectivity index (χ1v) is 6.61. The van der Waals surface area contributed by atoms with Crippen LogP contribution in [0.25, 0.3) is 0 Å². The Hall–Kier alpha value is -1.39. The van der Waals surface area contributed by atoms with Crippen LogP contribution in [0.3, 0.4) is 0 Å². The molecule has 0 aliphatic carbocycles. The van der Waals surface area contributed by atoms with Crippen LogP contribution in [0.1, 0.15) is 26.3 Å². The summed E-state index contributed by atoms with van der Waals surface area (Å²) in [4.78, 5) is 11.9. The molecule has 0 bridgehead atoms. The summed E-state index contributed by atoms with van der Waals surface area (Å²) in [5, 5.41) is 11.9. The average Bonchev–Trinajstić information content (AvgIpc) is 2.44. The third-order valence-electron chi connectivity index (χ3n) is 3.22. The predicted octanol–water partition coefficient (Wildman–Crippen LogP) is 1.72. The Morgan fingerprint density at radius 1 is 1.26 bits per heavy atom. The summed E-state index contributed by atoms with van der Waals surface area (Å²) in [7, 11) is 0. The molecule has 4 heteroatoms. The van der Waals surface area contributed by atoms with Gasteiger partial charge in [0.15, 0.2) is 0 Å². The molecule has 0 saturated carbocycles. The highest BCUT2D eigenvalue weighted by Crippen LogP contribution is 2.05. The summed E-state index contributed by atoms with van der Waals surface area (Å²) in [6.45, 7) is 5.97. The number of hydrogen-bond donors (Lipinski definition) is 2. The highest BCUT2D eigenvalue weighted by molar-refractivity contribution is 5.80. The maximum Gasteiger partial charge on any atom is 0.249 e. The number of carbonyl (C=O) groups is 1. The highest BCUT2D eigenvalue weighted by Gasteiger charge is 2.18. The maximum atomic E-state index is 11.9. The highest BCUT2D eigenvalue weighted by atomic mass is 16.5. The normalized spacial score (nSPS) is 15.6. The Labute approximate surface area is 114 Å². The van der Waals surface area contributed by atoms with E-state index in [0.29, 0.717) is 6.61 Å². The Balaban J connectivity index is 2.37. The molecule has 106 valence electrons. The van der Waals surface area contributed by atoms with Gasteiger partial charge in [0.2, 0.25) is 5.91 Å². The monoisotopic (exact) mass is 265 g/mol. The van der Waals surface area contributed by atoms with Gasteiger partial charge in [0.05, 0.1) is 6.61 Å². The molecule has 0 heterocycles. The minimum Gasteiger partial charge on any atom is -0.396 e. The second kappa shape index (κ2) is 7.92. The minimum absolute atomic E-state index is 0.0327. The molecule has 1 amide bonds. The van der Waals surface area contributed by atoms with Crippen molar-refractivity contribution >= 4 is 5.91 Å². The zero-order valence-electron chi connectivity index (χ0n) is 11.8. The van der Waals surface area contributed by atoms with Crippen molar-refractivity contribution < 1.29 is 14.6 Å². The molecule has 0 aliphatic heterocycles. The zero-order valence-corrected chi connectivity index (χ0v) is 11.8. The van der Waals surface area contributed by atoms with Gasteiger partial charge < -0.3 is 15.2 Å².